The second-order valence-electron chi connectivity index (χ2n) is 2.21. The molecule has 0 radical (unpaired) electrons. The van der Waals surface area contributed by atoms with Gasteiger partial charge in [-0.05, 0) is 6.92 Å². The van der Waals surface area contributed by atoms with Crippen LogP contribution in [0.15, 0.2) is 17.2 Å². The van der Waals surface area contributed by atoms with Crippen LogP contribution in [0.1, 0.15) is 6.92 Å². The average molecular weight is 214 g/mol. The molecule has 0 atom stereocenters. The van der Waals surface area contributed by atoms with Gasteiger partial charge in [-0.3, -0.25) is 4.79 Å². The number of ether oxygens (including phenoxy) is 1. The Hall–Kier alpha value is -2.30. The molecule has 0 unspecified atom stereocenters. The van der Waals surface area contributed by atoms with Crippen molar-refractivity contribution in [2.45, 2.75) is 6.92 Å². The van der Waals surface area contributed by atoms with Crippen LogP contribution in [-0.2, 0) is 9.53 Å². The van der Waals surface area contributed by atoms with Crippen molar-refractivity contribution in [2.24, 2.45) is 5.10 Å². The number of nitrogens with one attached hydrogen (secondary N) is 2. The van der Waals surface area contributed by atoms with Crippen molar-refractivity contribution in [1.29, 1.82) is 5.39 Å². The van der Waals surface area contributed by atoms with Crippen molar-refractivity contribution in [3.05, 3.63) is 17.1 Å². The van der Waals surface area contributed by atoms with Crippen molar-refractivity contribution < 1.29 is 14.6 Å². The molecule has 15 heavy (non-hydrogen) atoms. The zero-order valence-corrected chi connectivity index (χ0v) is 8.17. The van der Waals surface area contributed by atoms with E-state index in [1.165, 1.54) is 0 Å². The van der Waals surface area contributed by atoms with Crippen LogP contribution in [0.4, 0.5) is 0 Å². The summed E-state index contributed by atoms with van der Waals surface area (Å²) >= 11 is 0. The Morgan fingerprint density at radius 1 is 1.73 bits per heavy atom. The van der Waals surface area contributed by atoms with Gasteiger partial charge in [-0.15, -0.1) is 5.10 Å². The molecule has 0 bridgehead atoms. The summed E-state index contributed by atoms with van der Waals surface area (Å²) in [5, 5.41) is 22.6. The molecule has 0 heterocycles. The van der Waals surface area contributed by atoms with E-state index < -0.39 is 11.8 Å². The Balaban J connectivity index is 3.67. The summed E-state index contributed by atoms with van der Waals surface area (Å²) in [6.45, 7) is 2.02. The second kappa shape index (κ2) is 8.31. The van der Waals surface area contributed by atoms with Crippen molar-refractivity contribution >= 4 is 12.3 Å². The largest absolute Gasteiger partial charge is 0.490 e. The molecule has 0 aromatic rings. The maximum absolute atomic E-state index is 10.9. The highest BCUT2D eigenvalue weighted by atomic mass is 16.5. The zero-order valence-electron chi connectivity index (χ0n) is 8.17. The van der Waals surface area contributed by atoms with Gasteiger partial charge in [0.2, 0.25) is 5.39 Å². The zero-order chi connectivity index (χ0) is 11.5. The molecule has 8 heteroatoms. The summed E-state index contributed by atoms with van der Waals surface area (Å²) in [5.41, 5.74) is 2.13. The van der Waals surface area contributed by atoms with Crippen molar-refractivity contribution in [3.8, 4) is 0 Å². The fourth-order valence-electron chi connectivity index (χ4n) is 0.521. The summed E-state index contributed by atoms with van der Waals surface area (Å²) < 4.78 is 4.71. The lowest BCUT2D eigenvalue weighted by atomic mass is 10.6. The number of carbonyl (C=O) groups excluding carboxylic acids is 1. The molecule has 0 aromatic carbocycles. The lowest BCUT2D eigenvalue weighted by molar-refractivity contribution is -0.120. The third kappa shape index (κ3) is 8.04. The van der Waals surface area contributed by atoms with Crippen molar-refractivity contribution in [2.75, 3.05) is 13.2 Å². The smallest absolute Gasteiger partial charge is 0.409 e. The van der Waals surface area contributed by atoms with Gasteiger partial charge >= 0.3 is 6.20 Å². The van der Waals surface area contributed by atoms with E-state index >= 15 is 0 Å². The summed E-state index contributed by atoms with van der Waals surface area (Å²) in [5.74, 6) is -0.912. The SMILES string of the molecule is CCOC=NNC(=O)CNC(O)=C[N+]#N. The summed E-state index contributed by atoms with van der Waals surface area (Å²) in [7, 11) is 0. The first-order chi connectivity index (χ1) is 7.20. The van der Waals surface area contributed by atoms with Crippen LogP contribution in [0.2, 0.25) is 0 Å². The van der Waals surface area contributed by atoms with Gasteiger partial charge in [-0.2, -0.15) is 0 Å². The molecule has 0 saturated heterocycles. The predicted molar refractivity (Wildman–Crippen MR) is 52.1 cm³/mol. The molecule has 0 aromatic heterocycles. The fourth-order valence-corrected chi connectivity index (χ4v) is 0.521. The van der Waals surface area contributed by atoms with E-state index in [0.717, 1.165) is 12.6 Å². The monoisotopic (exact) mass is 214 g/mol. The lowest BCUT2D eigenvalue weighted by Crippen LogP contribution is -2.30. The third-order valence-electron chi connectivity index (χ3n) is 1.09. The van der Waals surface area contributed by atoms with E-state index in [1.807, 2.05) is 0 Å². The third-order valence-corrected chi connectivity index (χ3v) is 1.09. The molecule has 0 fully saturated rings. The van der Waals surface area contributed by atoms with E-state index in [1.54, 1.807) is 6.92 Å². The summed E-state index contributed by atoms with van der Waals surface area (Å²) in [4.78, 5) is 13.5. The van der Waals surface area contributed by atoms with Crippen LogP contribution in [0.25, 0.3) is 4.98 Å². The minimum atomic E-state index is -0.483. The Morgan fingerprint density at radius 2 is 2.47 bits per heavy atom. The van der Waals surface area contributed by atoms with Crippen LogP contribution in [0.3, 0.4) is 0 Å². The van der Waals surface area contributed by atoms with E-state index in [-0.39, 0.29) is 6.54 Å². The first kappa shape index (κ1) is 12.7. The Kier molecular flexibility index (Phi) is 7.03. The van der Waals surface area contributed by atoms with Crippen LogP contribution in [-0.4, -0.2) is 30.6 Å². The molecule has 1 amide bonds. The van der Waals surface area contributed by atoms with Gasteiger partial charge < -0.3 is 15.2 Å². The van der Waals surface area contributed by atoms with Gasteiger partial charge in [0.25, 0.3) is 11.8 Å². The maximum atomic E-state index is 10.9. The molecular weight excluding hydrogens is 202 g/mol. The molecule has 8 nitrogen and oxygen atoms in total. The number of amides is 1. The van der Waals surface area contributed by atoms with E-state index in [4.69, 9.17) is 15.2 Å². The van der Waals surface area contributed by atoms with Gasteiger partial charge in [0.05, 0.1) is 13.2 Å². The van der Waals surface area contributed by atoms with Crippen LogP contribution in [0.5, 0.6) is 0 Å². The Bertz CT molecular complexity index is 293. The summed E-state index contributed by atoms with van der Waals surface area (Å²) in [6, 6.07) is 0. The Labute approximate surface area is 86.2 Å². The van der Waals surface area contributed by atoms with Gasteiger partial charge in [0.15, 0.2) is 11.4 Å². The average Bonchev–Trinajstić information content (AvgIpc) is 2.22. The second-order valence-corrected chi connectivity index (χ2v) is 2.21. The number of hydrogen-bond acceptors (Lipinski definition) is 6. The number of hydrogen-bond donors (Lipinski definition) is 3. The molecule has 3 N–H and O–H groups in total. The first-order valence-electron chi connectivity index (χ1n) is 4.10. The van der Waals surface area contributed by atoms with E-state index in [2.05, 4.69) is 20.8 Å². The van der Waals surface area contributed by atoms with E-state index in [9.17, 15) is 4.79 Å². The molecular formula is C7H12N5O3+. The summed E-state index contributed by atoms with van der Waals surface area (Å²) in [6.07, 6.45) is 1.84. The van der Waals surface area contributed by atoms with Crippen LogP contribution >= 0.6 is 0 Å². The Morgan fingerprint density at radius 3 is 3.07 bits per heavy atom. The van der Waals surface area contributed by atoms with Crippen LogP contribution < -0.4 is 10.7 Å². The quantitative estimate of drug-likeness (QED) is 0.188. The molecule has 0 aliphatic heterocycles. The van der Waals surface area contributed by atoms with Gasteiger partial charge in [-0.1, -0.05) is 0 Å². The highest BCUT2D eigenvalue weighted by Crippen LogP contribution is 1.81. The highest BCUT2D eigenvalue weighted by Gasteiger charge is 2.02. The molecule has 0 saturated carbocycles. The number of aliphatic hydroxyl groups is 1. The molecule has 0 spiro atoms. The molecule has 0 aliphatic rings. The number of diazo groups is 1. The molecule has 0 rings (SSSR count). The predicted octanol–water partition coefficient (Wildman–Crippen LogP) is -0.118. The normalized spacial score (nSPS) is 10.8. The minimum Gasteiger partial charge on any atom is -0.490 e. The minimum absolute atomic E-state index is 0.207. The van der Waals surface area contributed by atoms with Gasteiger partial charge in [-0.25, -0.2) is 5.43 Å². The van der Waals surface area contributed by atoms with Crippen molar-refractivity contribution in [1.82, 2.24) is 10.7 Å². The standard InChI is InChI=1S/C7H11N5O3/c1-2-15-5-11-12-7(14)3-9-6(13)4-10-8/h4-5,9H,2-3H2,1H3,(H-,12,13,14)/p+1. The van der Waals surface area contributed by atoms with Crippen LogP contribution in [0, 0.1) is 5.39 Å². The lowest BCUT2D eigenvalue weighted by Gasteiger charge is -2.00. The number of rotatable bonds is 6. The number of aliphatic hydroxyl groups excluding tert-OH is 1. The first-order valence-corrected chi connectivity index (χ1v) is 4.10. The number of nitrogens with zero attached hydrogens (tertiary/aromatic N) is 3. The van der Waals surface area contributed by atoms with Gasteiger partial charge in [0.1, 0.15) is 0 Å². The van der Waals surface area contributed by atoms with E-state index in [0.29, 0.717) is 6.61 Å². The number of hydrazone groups is 1. The fraction of sp³-hybridized carbons (Fsp3) is 0.429. The van der Waals surface area contributed by atoms with Gasteiger partial charge in [0, 0.05) is 0 Å². The maximum Gasteiger partial charge on any atom is 0.409 e. The topological polar surface area (TPSA) is 111 Å². The highest BCUT2D eigenvalue weighted by molar-refractivity contribution is 5.78. The van der Waals surface area contributed by atoms with Crippen molar-refractivity contribution in [3.63, 3.8) is 0 Å². The molecule has 0 aliphatic carbocycles. The number of carbonyl (C=O) groups is 1. The molecule has 82 valence electrons.